The van der Waals surface area contributed by atoms with E-state index in [1.165, 1.54) is 31.4 Å². The predicted octanol–water partition coefficient (Wildman–Crippen LogP) is 5.03. The molecule has 2 aliphatic carbocycles. The maximum absolute atomic E-state index is 13.3. The van der Waals surface area contributed by atoms with Crippen molar-refractivity contribution >= 4 is 11.4 Å². The third-order valence-corrected chi connectivity index (χ3v) is 6.51. The van der Waals surface area contributed by atoms with Crippen LogP contribution in [-0.4, -0.2) is 4.92 Å². The molecule has 2 fully saturated rings. The van der Waals surface area contributed by atoms with E-state index < -0.39 is 0 Å². The van der Waals surface area contributed by atoms with Crippen LogP contribution >= 0.6 is 0 Å². The molecule has 2 bridgehead atoms. The van der Waals surface area contributed by atoms with E-state index in [0.29, 0.717) is 23.7 Å². The second-order valence-corrected chi connectivity index (χ2v) is 7.64. The number of nitro benzene ring substituents is 1. The first kappa shape index (κ1) is 14.9. The van der Waals surface area contributed by atoms with Crippen molar-refractivity contribution in [1.82, 2.24) is 0 Å². The molecule has 0 saturated heterocycles. The Morgan fingerprint density at radius 3 is 2.60 bits per heavy atom. The van der Waals surface area contributed by atoms with Gasteiger partial charge >= 0.3 is 0 Å². The summed E-state index contributed by atoms with van der Waals surface area (Å²) in [6.07, 6.45) is 3.65. The molecule has 25 heavy (non-hydrogen) atoms. The Kier molecular flexibility index (Phi) is 3.14. The second kappa shape index (κ2) is 5.28. The number of anilines is 1. The number of hydrogen-bond acceptors (Lipinski definition) is 3. The molecule has 2 saturated carbocycles. The molecule has 5 heteroatoms. The van der Waals surface area contributed by atoms with E-state index in [4.69, 9.17) is 0 Å². The van der Waals surface area contributed by atoms with Crippen molar-refractivity contribution in [3.8, 4) is 0 Å². The van der Waals surface area contributed by atoms with Gasteiger partial charge in [-0.2, -0.15) is 0 Å². The van der Waals surface area contributed by atoms with Gasteiger partial charge in [0.25, 0.3) is 5.69 Å². The molecule has 0 amide bonds. The van der Waals surface area contributed by atoms with Crippen LogP contribution < -0.4 is 5.32 Å². The number of fused-ring (bicyclic) bond motifs is 7. The maximum Gasteiger partial charge on any atom is 0.269 e. The normalized spacial score (nSPS) is 32.0. The molecule has 128 valence electrons. The van der Waals surface area contributed by atoms with E-state index in [-0.39, 0.29) is 22.5 Å². The van der Waals surface area contributed by atoms with Gasteiger partial charge in [-0.25, -0.2) is 4.39 Å². The summed E-state index contributed by atoms with van der Waals surface area (Å²) in [5.41, 5.74) is 3.37. The standard InChI is InChI=1S/C20H19FN2O2/c21-14-5-3-11(4-6-14)20-19-13-2-1-12(9-13)18(19)16-10-15(23(24)25)7-8-17(16)22-20/h3-8,10,12-13,18-20,22H,1-2,9H2/t12-,13+,18+,19+,20-/m0/s1. The molecule has 3 aliphatic rings. The molecule has 5 rings (SSSR count). The molecule has 0 radical (unpaired) electrons. The molecule has 1 heterocycles. The van der Waals surface area contributed by atoms with Gasteiger partial charge < -0.3 is 5.32 Å². The number of nitrogens with zero attached hydrogens (tertiary/aromatic N) is 1. The molecule has 5 atom stereocenters. The second-order valence-electron chi connectivity index (χ2n) is 7.64. The molecule has 4 nitrogen and oxygen atoms in total. The van der Waals surface area contributed by atoms with Crippen LogP contribution in [0.15, 0.2) is 42.5 Å². The molecular weight excluding hydrogens is 319 g/mol. The molecule has 1 N–H and O–H groups in total. The molecule has 0 spiro atoms. The lowest BCUT2D eigenvalue weighted by Crippen LogP contribution is -2.35. The topological polar surface area (TPSA) is 55.2 Å². The Bertz CT molecular complexity index is 851. The van der Waals surface area contributed by atoms with Crippen LogP contribution in [0.2, 0.25) is 0 Å². The molecule has 2 aromatic carbocycles. The number of rotatable bonds is 2. The molecule has 0 unspecified atom stereocenters. The summed E-state index contributed by atoms with van der Waals surface area (Å²) < 4.78 is 13.3. The molecular formula is C20H19FN2O2. The number of nitro groups is 1. The van der Waals surface area contributed by atoms with Crippen LogP contribution in [0.4, 0.5) is 15.8 Å². The van der Waals surface area contributed by atoms with E-state index in [1.807, 2.05) is 18.2 Å². The summed E-state index contributed by atoms with van der Waals surface area (Å²) in [6.45, 7) is 0. The van der Waals surface area contributed by atoms with Crippen LogP contribution in [0, 0.1) is 33.7 Å². The Labute approximate surface area is 145 Å². The number of nitrogens with one attached hydrogen (secondary N) is 1. The summed E-state index contributed by atoms with van der Waals surface area (Å²) in [7, 11) is 0. The Hall–Kier alpha value is -2.43. The minimum atomic E-state index is -0.311. The van der Waals surface area contributed by atoms with Gasteiger partial charge in [-0.05, 0) is 72.3 Å². The van der Waals surface area contributed by atoms with E-state index in [0.717, 1.165) is 16.8 Å². The Balaban J connectivity index is 1.62. The van der Waals surface area contributed by atoms with Crippen molar-refractivity contribution in [3.63, 3.8) is 0 Å². The number of benzene rings is 2. The average Bonchev–Trinajstić information content (AvgIpc) is 3.23. The molecule has 1 aliphatic heterocycles. The van der Waals surface area contributed by atoms with Crippen LogP contribution in [-0.2, 0) is 0 Å². The zero-order valence-electron chi connectivity index (χ0n) is 13.7. The highest BCUT2D eigenvalue weighted by Crippen LogP contribution is 2.63. The highest BCUT2D eigenvalue weighted by Gasteiger charge is 2.54. The van der Waals surface area contributed by atoms with Crippen LogP contribution in [0.25, 0.3) is 0 Å². The van der Waals surface area contributed by atoms with E-state index in [9.17, 15) is 14.5 Å². The fourth-order valence-corrected chi connectivity index (χ4v) is 5.59. The summed E-state index contributed by atoms with van der Waals surface area (Å²) >= 11 is 0. The maximum atomic E-state index is 13.3. The first-order valence-corrected chi connectivity index (χ1v) is 8.92. The average molecular weight is 338 g/mol. The van der Waals surface area contributed by atoms with Crippen molar-refractivity contribution in [2.45, 2.75) is 31.2 Å². The number of halogens is 1. The summed E-state index contributed by atoms with van der Waals surface area (Å²) in [5, 5.41) is 14.8. The van der Waals surface area contributed by atoms with Crippen molar-refractivity contribution in [2.24, 2.45) is 17.8 Å². The summed E-state index contributed by atoms with van der Waals surface area (Å²) in [4.78, 5) is 10.9. The van der Waals surface area contributed by atoms with Crippen LogP contribution in [0.1, 0.15) is 42.3 Å². The largest absolute Gasteiger partial charge is 0.378 e. The molecule has 2 aromatic rings. The highest BCUT2D eigenvalue weighted by molar-refractivity contribution is 5.62. The van der Waals surface area contributed by atoms with Gasteiger partial charge in [0, 0.05) is 17.8 Å². The number of non-ortho nitro benzene ring substituents is 1. The lowest BCUT2D eigenvalue weighted by Gasteiger charge is -2.43. The van der Waals surface area contributed by atoms with E-state index >= 15 is 0 Å². The van der Waals surface area contributed by atoms with Gasteiger partial charge in [-0.15, -0.1) is 0 Å². The van der Waals surface area contributed by atoms with Gasteiger partial charge in [-0.3, -0.25) is 10.1 Å². The van der Waals surface area contributed by atoms with Crippen molar-refractivity contribution < 1.29 is 9.31 Å². The first-order chi connectivity index (χ1) is 12.1. The fraction of sp³-hybridized carbons (Fsp3) is 0.400. The number of hydrogen-bond donors (Lipinski definition) is 1. The zero-order chi connectivity index (χ0) is 17.1. The van der Waals surface area contributed by atoms with E-state index in [2.05, 4.69) is 5.32 Å². The summed E-state index contributed by atoms with van der Waals surface area (Å²) in [5.74, 6) is 1.83. The van der Waals surface area contributed by atoms with Crippen LogP contribution in [0.5, 0.6) is 0 Å². The zero-order valence-corrected chi connectivity index (χ0v) is 13.7. The third kappa shape index (κ3) is 2.18. The SMILES string of the molecule is O=[N+]([O-])c1ccc2c(c1)[C@H]1[C@H]3CC[C@H](C3)[C@H]1[C@H](c1ccc(F)cc1)N2. The minimum Gasteiger partial charge on any atom is -0.378 e. The van der Waals surface area contributed by atoms with Gasteiger partial charge in [0.1, 0.15) is 5.82 Å². The van der Waals surface area contributed by atoms with E-state index in [1.54, 1.807) is 12.1 Å². The smallest absolute Gasteiger partial charge is 0.269 e. The minimum absolute atomic E-state index is 0.148. The summed E-state index contributed by atoms with van der Waals surface area (Å²) in [6, 6.07) is 12.1. The highest BCUT2D eigenvalue weighted by atomic mass is 19.1. The fourth-order valence-electron chi connectivity index (χ4n) is 5.59. The van der Waals surface area contributed by atoms with Gasteiger partial charge in [-0.1, -0.05) is 12.1 Å². The Morgan fingerprint density at radius 1 is 1.08 bits per heavy atom. The predicted molar refractivity (Wildman–Crippen MR) is 92.9 cm³/mol. The first-order valence-electron chi connectivity index (χ1n) is 8.92. The van der Waals surface area contributed by atoms with Crippen molar-refractivity contribution in [3.05, 3.63) is 69.5 Å². The monoisotopic (exact) mass is 338 g/mol. The van der Waals surface area contributed by atoms with Crippen molar-refractivity contribution in [1.29, 1.82) is 0 Å². The van der Waals surface area contributed by atoms with Gasteiger partial charge in [0.2, 0.25) is 0 Å². The molecule has 0 aromatic heterocycles. The lowest BCUT2D eigenvalue weighted by molar-refractivity contribution is -0.384. The quantitative estimate of drug-likeness (QED) is 0.617. The Morgan fingerprint density at radius 2 is 1.84 bits per heavy atom. The lowest BCUT2D eigenvalue weighted by atomic mass is 9.68. The van der Waals surface area contributed by atoms with Crippen LogP contribution in [0.3, 0.4) is 0 Å². The van der Waals surface area contributed by atoms with Gasteiger partial charge in [0.15, 0.2) is 0 Å². The van der Waals surface area contributed by atoms with Crippen molar-refractivity contribution in [2.75, 3.05) is 5.32 Å². The van der Waals surface area contributed by atoms with Gasteiger partial charge in [0.05, 0.1) is 11.0 Å². The third-order valence-electron chi connectivity index (χ3n) is 6.51.